The van der Waals surface area contributed by atoms with Gasteiger partial charge in [0.2, 0.25) is 0 Å². The number of aromatic nitrogens is 1. The Bertz CT molecular complexity index is 723. The molecule has 0 amide bonds. The van der Waals surface area contributed by atoms with Crippen molar-refractivity contribution in [3.8, 4) is 0 Å². The van der Waals surface area contributed by atoms with Crippen LogP contribution in [0.15, 0.2) is 78.9 Å². The lowest BCUT2D eigenvalue weighted by Gasteiger charge is -1.90. The van der Waals surface area contributed by atoms with Gasteiger partial charge in [0.25, 0.3) is 10.9 Å². The number of nitrogens with one attached hydrogen (secondary N) is 1. The van der Waals surface area contributed by atoms with Gasteiger partial charge in [-0.1, -0.05) is 30.3 Å². The van der Waals surface area contributed by atoms with Crippen LogP contribution in [-0.4, -0.2) is 4.98 Å². The van der Waals surface area contributed by atoms with E-state index in [1.54, 1.807) is 0 Å². The molecule has 0 aliphatic heterocycles. The highest BCUT2D eigenvalue weighted by atomic mass is 14.6. The molecule has 0 atom stereocenters. The maximum atomic E-state index is 3.37. The number of H-pyrrole nitrogens is 1. The molecule has 0 saturated carbocycles. The molecule has 0 fully saturated rings. The van der Waals surface area contributed by atoms with Crippen LogP contribution in [0, 0.1) is 0 Å². The summed E-state index contributed by atoms with van der Waals surface area (Å²) in [7, 11) is 0. The molecule has 0 spiro atoms. The van der Waals surface area contributed by atoms with E-state index in [1.165, 1.54) is 5.56 Å². The van der Waals surface area contributed by atoms with Crippen molar-refractivity contribution in [3.63, 3.8) is 0 Å². The summed E-state index contributed by atoms with van der Waals surface area (Å²) >= 11 is 0. The van der Waals surface area contributed by atoms with Gasteiger partial charge < -0.3 is 4.98 Å². The van der Waals surface area contributed by atoms with Gasteiger partial charge in [-0.25, -0.2) is 0 Å². The number of rotatable bonds is 2. The Labute approximate surface area is 118 Å². The molecule has 2 aromatic carbocycles. The highest BCUT2D eigenvalue weighted by Crippen LogP contribution is 1.98. The van der Waals surface area contributed by atoms with E-state index in [9.17, 15) is 0 Å². The number of hydrogen-bond donors (Lipinski definition) is 1. The molecule has 20 heavy (non-hydrogen) atoms. The summed E-state index contributed by atoms with van der Waals surface area (Å²) in [4.78, 5) is 3.37. The van der Waals surface area contributed by atoms with Gasteiger partial charge in [0.05, 0.1) is 0 Å². The Morgan fingerprint density at radius 3 is 2.30 bits per heavy atom. The highest BCUT2D eigenvalue weighted by Gasteiger charge is 2.03. The van der Waals surface area contributed by atoms with Crippen molar-refractivity contribution in [2.24, 2.45) is 0 Å². The second kappa shape index (κ2) is 5.92. The van der Waals surface area contributed by atoms with Crippen molar-refractivity contribution < 1.29 is 0 Å². The fraction of sp³-hybridized carbons (Fsp3) is 0. The molecule has 0 saturated heterocycles. The van der Waals surface area contributed by atoms with Gasteiger partial charge >= 0.3 is 0 Å². The molecule has 0 aliphatic rings. The van der Waals surface area contributed by atoms with Crippen LogP contribution in [-0.2, 0) is 0 Å². The van der Waals surface area contributed by atoms with Crippen molar-refractivity contribution in [2.75, 3.05) is 0 Å². The van der Waals surface area contributed by atoms with Crippen LogP contribution in [0.2, 0.25) is 0 Å². The first kappa shape index (κ1) is 12.3. The lowest BCUT2D eigenvalue weighted by molar-refractivity contribution is 1.19. The molecule has 1 heteroatoms. The van der Waals surface area contributed by atoms with Crippen molar-refractivity contribution >= 4 is 12.2 Å². The summed E-state index contributed by atoms with van der Waals surface area (Å²) in [6.45, 7) is 0. The minimum absolute atomic E-state index is 0.973. The molecular formula is C19H15N+2. The molecule has 0 aliphatic carbocycles. The van der Waals surface area contributed by atoms with Gasteiger partial charge in [0.1, 0.15) is 18.2 Å². The van der Waals surface area contributed by atoms with Gasteiger partial charge in [0.15, 0.2) is 6.08 Å². The number of hydrogen-bond acceptors (Lipinski definition) is 0. The third kappa shape index (κ3) is 3.17. The SMILES string of the molecule is [C+](c1ccccc1)=c1[cH+]ccc(=Cc2ccccc2)[nH]1. The van der Waals surface area contributed by atoms with E-state index in [2.05, 4.69) is 35.3 Å². The van der Waals surface area contributed by atoms with E-state index in [0.717, 1.165) is 16.3 Å². The molecule has 0 unspecified atom stereocenters. The summed E-state index contributed by atoms with van der Waals surface area (Å²) < 4.78 is 0. The molecule has 3 rings (SSSR count). The first-order valence-corrected chi connectivity index (χ1v) is 6.64. The fourth-order valence-electron chi connectivity index (χ4n) is 2.05. The van der Waals surface area contributed by atoms with Gasteiger partial charge in [-0.15, -0.1) is 0 Å². The molecule has 0 bridgehead atoms. The molecule has 3 aromatic rings. The van der Waals surface area contributed by atoms with Gasteiger partial charge in [-0.3, -0.25) is 0 Å². The highest BCUT2D eigenvalue weighted by molar-refractivity contribution is 5.49. The normalized spacial score (nSPS) is 12.2. The molecule has 0 radical (unpaired) electrons. The third-order valence-corrected chi connectivity index (χ3v) is 2.99. The Kier molecular flexibility index (Phi) is 3.64. The van der Waals surface area contributed by atoms with Crippen molar-refractivity contribution in [2.45, 2.75) is 0 Å². The molecule has 1 nitrogen and oxygen atoms in total. The maximum absolute atomic E-state index is 3.37. The summed E-state index contributed by atoms with van der Waals surface area (Å²) in [5, 5.41) is 2.04. The Morgan fingerprint density at radius 2 is 1.55 bits per heavy atom. The standard InChI is InChI=1S/C19H15N/c1-3-8-16(9-4-1)14-18-12-7-13-19(20-18)15-17-10-5-2-6-11-17/h1-14,20H/q+2. The van der Waals surface area contributed by atoms with Crippen LogP contribution >= 0.6 is 0 Å². The van der Waals surface area contributed by atoms with Crippen molar-refractivity contribution in [1.82, 2.24) is 4.98 Å². The second-order valence-corrected chi connectivity index (χ2v) is 4.57. The molecule has 1 heterocycles. The van der Waals surface area contributed by atoms with Crippen LogP contribution in [0.25, 0.3) is 12.2 Å². The summed E-state index contributed by atoms with van der Waals surface area (Å²) in [6.07, 6.45) is 5.48. The minimum Gasteiger partial charge on any atom is -0.314 e. The van der Waals surface area contributed by atoms with E-state index in [1.807, 2.05) is 60.7 Å². The minimum atomic E-state index is 0.973. The first-order chi connectivity index (χ1) is 9.90. The van der Waals surface area contributed by atoms with E-state index in [4.69, 9.17) is 0 Å². The Morgan fingerprint density at radius 1 is 0.850 bits per heavy atom. The zero-order valence-electron chi connectivity index (χ0n) is 11.1. The van der Waals surface area contributed by atoms with E-state index >= 15 is 0 Å². The van der Waals surface area contributed by atoms with Crippen LogP contribution in [0.3, 0.4) is 0 Å². The van der Waals surface area contributed by atoms with E-state index < -0.39 is 0 Å². The average molecular weight is 257 g/mol. The summed E-state index contributed by atoms with van der Waals surface area (Å²) in [5.41, 5.74) is 2.25. The second-order valence-electron chi connectivity index (χ2n) is 4.57. The smallest absolute Gasteiger partial charge is 0.276 e. The molecule has 94 valence electrons. The first-order valence-electron chi connectivity index (χ1n) is 6.64. The maximum Gasteiger partial charge on any atom is 0.276 e. The average Bonchev–Trinajstić information content (AvgIpc) is 2.50. The Balaban J connectivity index is 2.03. The van der Waals surface area contributed by atoms with E-state index in [-0.39, 0.29) is 0 Å². The monoisotopic (exact) mass is 257 g/mol. The summed E-state index contributed by atoms with van der Waals surface area (Å²) in [5.74, 6) is 0. The van der Waals surface area contributed by atoms with Crippen LogP contribution < -0.4 is 10.7 Å². The number of pyridine rings is 1. The predicted octanol–water partition coefficient (Wildman–Crippen LogP) is 2.83. The predicted molar refractivity (Wildman–Crippen MR) is 83.4 cm³/mol. The van der Waals surface area contributed by atoms with E-state index in [0.29, 0.717) is 0 Å². The van der Waals surface area contributed by atoms with Gasteiger partial charge in [-0.2, -0.15) is 0 Å². The summed E-state index contributed by atoms with van der Waals surface area (Å²) in [6, 6.07) is 26.5. The lowest BCUT2D eigenvalue weighted by Crippen LogP contribution is -2.18. The van der Waals surface area contributed by atoms with Crippen LogP contribution in [0.4, 0.5) is 0 Å². The van der Waals surface area contributed by atoms with Crippen molar-refractivity contribution in [1.29, 1.82) is 0 Å². The van der Waals surface area contributed by atoms with Gasteiger partial charge in [-0.05, 0) is 23.8 Å². The van der Waals surface area contributed by atoms with Crippen molar-refractivity contribution in [3.05, 3.63) is 101 Å². The zero-order chi connectivity index (χ0) is 13.6. The zero-order valence-corrected chi connectivity index (χ0v) is 11.1. The van der Waals surface area contributed by atoms with Gasteiger partial charge in [0, 0.05) is 23.5 Å². The van der Waals surface area contributed by atoms with Crippen LogP contribution in [0.1, 0.15) is 11.1 Å². The number of benzene rings is 2. The molecular weight excluding hydrogens is 242 g/mol. The topological polar surface area (TPSA) is 15.8 Å². The quantitative estimate of drug-likeness (QED) is 0.679. The molecule has 1 aromatic heterocycles. The largest absolute Gasteiger partial charge is 0.314 e. The molecule has 1 N–H and O–H groups in total. The number of aromatic amines is 1. The van der Waals surface area contributed by atoms with Crippen LogP contribution in [0.5, 0.6) is 0 Å². The Hall–Kier alpha value is -2.76. The fourth-order valence-corrected chi connectivity index (χ4v) is 2.05. The lowest BCUT2D eigenvalue weighted by atomic mass is 10.2. The third-order valence-electron chi connectivity index (χ3n) is 2.99.